The molecule has 1 fully saturated rings. The first-order chi connectivity index (χ1) is 9.04. The molecule has 0 spiro atoms. The van der Waals surface area contributed by atoms with Gasteiger partial charge in [-0.05, 0) is 32.6 Å². The third kappa shape index (κ3) is 3.02. The van der Waals surface area contributed by atoms with Crippen molar-refractivity contribution in [2.75, 3.05) is 11.4 Å². The molecule has 0 radical (unpaired) electrons. The molecule has 0 aromatic carbocycles. The summed E-state index contributed by atoms with van der Waals surface area (Å²) in [6, 6.07) is 0.596. The fourth-order valence-corrected chi connectivity index (χ4v) is 2.91. The Morgan fingerprint density at radius 2 is 2.05 bits per heavy atom. The van der Waals surface area contributed by atoms with Crippen LogP contribution in [0, 0.1) is 6.92 Å². The van der Waals surface area contributed by atoms with E-state index in [9.17, 15) is 0 Å². The Morgan fingerprint density at radius 3 is 2.68 bits per heavy atom. The smallest absolute Gasteiger partial charge is 0.137 e. The number of halogens is 1. The maximum atomic E-state index is 6.30. The summed E-state index contributed by atoms with van der Waals surface area (Å²) in [6.07, 6.45) is 4.99. The summed E-state index contributed by atoms with van der Waals surface area (Å²) >= 11 is 6.30. The van der Waals surface area contributed by atoms with E-state index in [2.05, 4.69) is 30.7 Å². The monoisotopic (exact) mass is 281 g/mol. The van der Waals surface area contributed by atoms with E-state index in [1.807, 2.05) is 6.92 Å². The van der Waals surface area contributed by atoms with E-state index >= 15 is 0 Å². The van der Waals surface area contributed by atoms with Gasteiger partial charge in [0.1, 0.15) is 16.8 Å². The van der Waals surface area contributed by atoms with E-state index in [-0.39, 0.29) is 0 Å². The lowest BCUT2D eigenvalue weighted by atomic mass is 9.99. The SMILES string of the molecule is CCC1CCCCN1c1nc(C(C)C)nc(Cl)c1C. The van der Waals surface area contributed by atoms with Gasteiger partial charge in [-0.1, -0.05) is 32.4 Å². The third-order valence-electron chi connectivity index (χ3n) is 3.96. The highest BCUT2D eigenvalue weighted by Crippen LogP contribution is 2.31. The first-order valence-corrected chi connectivity index (χ1v) is 7.73. The van der Waals surface area contributed by atoms with Gasteiger partial charge in [0, 0.05) is 24.1 Å². The van der Waals surface area contributed by atoms with Crippen LogP contribution in [0.2, 0.25) is 5.15 Å². The van der Waals surface area contributed by atoms with Crippen molar-refractivity contribution >= 4 is 17.4 Å². The fraction of sp³-hybridized carbons (Fsp3) is 0.733. The Hall–Kier alpha value is -0.830. The van der Waals surface area contributed by atoms with E-state index in [1.165, 1.54) is 19.3 Å². The summed E-state index contributed by atoms with van der Waals surface area (Å²) in [5.74, 6) is 2.21. The molecule has 0 saturated carbocycles. The van der Waals surface area contributed by atoms with Crippen molar-refractivity contribution in [2.45, 2.75) is 65.3 Å². The van der Waals surface area contributed by atoms with Crippen LogP contribution in [0.25, 0.3) is 0 Å². The molecule has 2 heterocycles. The molecular weight excluding hydrogens is 258 g/mol. The van der Waals surface area contributed by atoms with Crippen LogP contribution in [-0.2, 0) is 0 Å². The minimum absolute atomic E-state index is 0.307. The van der Waals surface area contributed by atoms with Crippen molar-refractivity contribution < 1.29 is 0 Å². The van der Waals surface area contributed by atoms with Crippen LogP contribution in [0.5, 0.6) is 0 Å². The molecule has 0 bridgehead atoms. The average Bonchev–Trinajstić information content (AvgIpc) is 2.41. The summed E-state index contributed by atoms with van der Waals surface area (Å²) in [5.41, 5.74) is 1.02. The summed E-state index contributed by atoms with van der Waals surface area (Å²) in [6.45, 7) is 9.59. The first kappa shape index (κ1) is 14.6. The van der Waals surface area contributed by atoms with E-state index in [0.717, 1.165) is 30.2 Å². The molecule has 0 amide bonds. The predicted molar refractivity (Wildman–Crippen MR) is 81.1 cm³/mol. The second-order valence-corrected chi connectivity index (χ2v) is 6.09. The van der Waals surface area contributed by atoms with Crippen molar-refractivity contribution in [2.24, 2.45) is 0 Å². The lowest BCUT2D eigenvalue weighted by Gasteiger charge is -2.37. The highest BCUT2D eigenvalue weighted by molar-refractivity contribution is 6.30. The van der Waals surface area contributed by atoms with E-state index < -0.39 is 0 Å². The molecule has 1 unspecified atom stereocenters. The minimum atomic E-state index is 0.307. The van der Waals surface area contributed by atoms with Gasteiger partial charge in [-0.2, -0.15) is 0 Å². The molecule has 1 atom stereocenters. The Morgan fingerprint density at radius 1 is 1.32 bits per heavy atom. The normalized spacial score (nSPS) is 20.1. The van der Waals surface area contributed by atoms with Gasteiger partial charge in [0.2, 0.25) is 0 Å². The van der Waals surface area contributed by atoms with Crippen LogP contribution >= 0.6 is 11.6 Å². The van der Waals surface area contributed by atoms with Gasteiger partial charge in [0.25, 0.3) is 0 Å². The van der Waals surface area contributed by atoms with E-state index in [1.54, 1.807) is 0 Å². The van der Waals surface area contributed by atoms with Crippen LogP contribution in [0.1, 0.15) is 63.8 Å². The van der Waals surface area contributed by atoms with E-state index in [0.29, 0.717) is 17.1 Å². The zero-order valence-electron chi connectivity index (χ0n) is 12.4. The van der Waals surface area contributed by atoms with Crippen LogP contribution in [0.4, 0.5) is 5.82 Å². The maximum absolute atomic E-state index is 6.30. The van der Waals surface area contributed by atoms with E-state index in [4.69, 9.17) is 16.6 Å². The van der Waals surface area contributed by atoms with Crippen LogP contribution < -0.4 is 4.90 Å². The van der Waals surface area contributed by atoms with Gasteiger partial charge in [0.15, 0.2) is 0 Å². The Labute approximate surface area is 121 Å². The average molecular weight is 282 g/mol. The molecule has 2 rings (SSSR count). The molecule has 3 nitrogen and oxygen atoms in total. The topological polar surface area (TPSA) is 29.0 Å². The highest BCUT2D eigenvalue weighted by atomic mass is 35.5. The quantitative estimate of drug-likeness (QED) is 0.772. The molecule has 1 aromatic heterocycles. The van der Waals surface area contributed by atoms with Crippen molar-refractivity contribution in [3.05, 3.63) is 16.5 Å². The van der Waals surface area contributed by atoms with Gasteiger partial charge >= 0.3 is 0 Å². The van der Waals surface area contributed by atoms with Crippen molar-refractivity contribution in [1.82, 2.24) is 9.97 Å². The van der Waals surface area contributed by atoms with Crippen LogP contribution in [-0.4, -0.2) is 22.6 Å². The summed E-state index contributed by atoms with van der Waals surface area (Å²) in [4.78, 5) is 11.6. The molecule has 0 N–H and O–H groups in total. The van der Waals surface area contributed by atoms with Gasteiger partial charge in [0.05, 0.1) is 0 Å². The number of nitrogens with zero attached hydrogens (tertiary/aromatic N) is 3. The number of piperidine rings is 1. The molecular formula is C15H24ClN3. The van der Waals surface area contributed by atoms with Crippen LogP contribution in [0.15, 0.2) is 0 Å². The molecule has 4 heteroatoms. The Bertz CT molecular complexity index is 445. The van der Waals surface area contributed by atoms with Gasteiger partial charge in [-0.25, -0.2) is 9.97 Å². The lowest BCUT2D eigenvalue weighted by Crippen LogP contribution is -2.40. The van der Waals surface area contributed by atoms with Crippen molar-refractivity contribution in [1.29, 1.82) is 0 Å². The summed E-state index contributed by atoms with van der Waals surface area (Å²) in [5, 5.41) is 0.606. The number of aromatic nitrogens is 2. The molecule has 1 aromatic rings. The zero-order chi connectivity index (χ0) is 14.0. The van der Waals surface area contributed by atoms with Gasteiger partial charge < -0.3 is 4.90 Å². The second kappa shape index (κ2) is 6.08. The standard InChI is InChI=1S/C15H24ClN3/c1-5-12-8-6-7-9-19(12)15-11(4)13(16)17-14(18-15)10(2)3/h10,12H,5-9H2,1-4H3. The highest BCUT2D eigenvalue weighted by Gasteiger charge is 2.25. The first-order valence-electron chi connectivity index (χ1n) is 7.35. The molecule has 0 aliphatic carbocycles. The Kier molecular flexibility index (Phi) is 4.67. The third-order valence-corrected chi connectivity index (χ3v) is 4.33. The second-order valence-electron chi connectivity index (χ2n) is 5.73. The maximum Gasteiger partial charge on any atom is 0.137 e. The summed E-state index contributed by atoms with van der Waals surface area (Å²) in [7, 11) is 0. The number of rotatable bonds is 3. The van der Waals surface area contributed by atoms with Gasteiger partial charge in [-0.15, -0.1) is 0 Å². The largest absolute Gasteiger partial charge is 0.353 e. The number of hydrogen-bond donors (Lipinski definition) is 0. The molecule has 1 aliphatic rings. The molecule has 1 aliphatic heterocycles. The summed E-state index contributed by atoms with van der Waals surface area (Å²) < 4.78 is 0. The number of anilines is 1. The number of hydrogen-bond acceptors (Lipinski definition) is 3. The van der Waals surface area contributed by atoms with Crippen molar-refractivity contribution in [3.63, 3.8) is 0 Å². The molecule has 1 saturated heterocycles. The molecule has 106 valence electrons. The molecule has 19 heavy (non-hydrogen) atoms. The zero-order valence-corrected chi connectivity index (χ0v) is 13.2. The van der Waals surface area contributed by atoms with Crippen molar-refractivity contribution in [3.8, 4) is 0 Å². The fourth-order valence-electron chi connectivity index (χ4n) is 2.74. The minimum Gasteiger partial charge on any atom is -0.353 e. The predicted octanol–water partition coefficient (Wildman–Crippen LogP) is 4.33. The van der Waals surface area contributed by atoms with Crippen LogP contribution in [0.3, 0.4) is 0 Å². The lowest BCUT2D eigenvalue weighted by molar-refractivity contribution is 0.445. The Balaban J connectivity index is 2.41. The van der Waals surface area contributed by atoms with Gasteiger partial charge in [-0.3, -0.25) is 0 Å².